The van der Waals surface area contributed by atoms with Gasteiger partial charge in [0.2, 0.25) is 0 Å². The highest BCUT2D eigenvalue weighted by Crippen LogP contribution is 2.34. The third kappa shape index (κ3) is 3.87. The normalized spacial score (nSPS) is 23.8. The fraction of sp³-hybridized carbons (Fsp3) is 0.435. The molecule has 0 saturated carbocycles. The molecule has 1 aromatic heterocycles. The predicted octanol–water partition coefficient (Wildman–Crippen LogP) is 4.40. The molecule has 2 aliphatic heterocycles. The van der Waals surface area contributed by atoms with Gasteiger partial charge < -0.3 is 14.6 Å². The van der Waals surface area contributed by atoms with Gasteiger partial charge in [-0.25, -0.2) is 4.79 Å². The highest BCUT2D eigenvalue weighted by Gasteiger charge is 2.30. The van der Waals surface area contributed by atoms with Crippen LogP contribution in [0.4, 0.5) is 0 Å². The SMILES string of the molecule is O=c1[nH]c2ccccc2n1C1CCN(CC2COC(c3ccc(Cl)cc3)C2)CC1. The molecule has 0 spiro atoms. The number of halogens is 1. The second kappa shape index (κ2) is 7.98. The Kier molecular flexibility index (Phi) is 5.20. The number of para-hydroxylation sites is 2. The average molecular weight is 412 g/mol. The van der Waals surface area contributed by atoms with Crippen molar-refractivity contribution >= 4 is 22.6 Å². The van der Waals surface area contributed by atoms with Crippen LogP contribution in [-0.4, -0.2) is 40.7 Å². The zero-order valence-electron chi connectivity index (χ0n) is 16.4. The number of aromatic amines is 1. The number of rotatable bonds is 4. The van der Waals surface area contributed by atoms with Gasteiger partial charge in [0.25, 0.3) is 0 Å². The molecule has 6 heteroatoms. The number of benzene rings is 2. The molecule has 3 heterocycles. The zero-order valence-corrected chi connectivity index (χ0v) is 17.1. The van der Waals surface area contributed by atoms with Crippen LogP contribution in [-0.2, 0) is 4.74 Å². The Morgan fingerprint density at radius 1 is 1.07 bits per heavy atom. The van der Waals surface area contributed by atoms with Crippen LogP contribution in [0.1, 0.15) is 37.0 Å². The van der Waals surface area contributed by atoms with Crippen LogP contribution in [0.25, 0.3) is 11.0 Å². The van der Waals surface area contributed by atoms with E-state index in [1.165, 1.54) is 5.56 Å². The third-order valence-corrected chi connectivity index (χ3v) is 6.64. The Morgan fingerprint density at radius 3 is 2.62 bits per heavy atom. The zero-order chi connectivity index (χ0) is 19.8. The molecule has 29 heavy (non-hydrogen) atoms. The first-order valence-corrected chi connectivity index (χ1v) is 10.8. The van der Waals surface area contributed by atoms with Gasteiger partial charge in [0.1, 0.15) is 0 Å². The number of hydrogen-bond donors (Lipinski definition) is 1. The van der Waals surface area contributed by atoms with E-state index < -0.39 is 0 Å². The van der Waals surface area contributed by atoms with Crippen molar-refractivity contribution in [1.29, 1.82) is 0 Å². The number of nitrogens with zero attached hydrogens (tertiary/aromatic N) is 2. The summed E-state index contributed by atoms with van der Waals surface area (Å²) in [5, 5.41) is 0.764. The molecule has 0 aliphatic carbocycles. The highest BCUT2D eigenvalue weighted by atomic mass is 35.5. The number of ether oxygens (including phenoxy) is 1. The number of imidazole rings is 1. The third-order valence-electron chi connectivity index (χ3n) is 6.38. The number of aromatic nitrogens is 2. The molecule has 5 nitrogen and oxygen atoms in total. The van der Waals surface area contributed by atoms with Gasteiger partial charge in [-0.2, -0.15) is 0 Å². The van der Waals surface area contributed by atoms with E-state index in [0.29, 0.717) is 5.92 Å². The minimum absolute atomic E-state index is 0.0136. The minimum Gasteiger partial charge on any atom is -0.373 e. The molecule has 0 radical (unpaired) electrons. The van der Waals surface area contributed by atoms with Crippen molar-refractivity contribution in [2.45, 2.75) is 31.4 Å². The van der Waals surface area contributed by atoms with Gasteiger partial charge in [-0.1, -0.05) is 35.9 Å². The van der Waals surface area contributed by atoms with Crippen LogP contribution in [0.5, 0.6) is 0 Å². The summed E-state index contributed by atoms with van der Waals surface area (Å²) in [4.78, 5) is 18.0. The van der Waals surface area contributed by atoms with Crippen LogP contribution in [0.2, 0.25) is 5.02 Å². The Hall–Kier alpha value is -2.08. The molecule has 1 N–H and O–H groups in total. The molecule has 0 bridgehead atoms. The molecule has 0 amide bonds. The van der Waals surface area contributed by atoms with Crippen molar-refractivity contribution in [2.75, 3.05) is 26.2 Å². The summed E-state index contributed by atoms with van der Waals surface area (Å²) in [5.74, 6) is 0.558. The topological polar surface area (TPSA) is 50.3 Å². The van der Waals surface area contributed by atoms with Crippen molar-refractivity contribution in [1.82, 2.24) is 14.5 Å². The Labute approximate surface area is 175 Å². The summed E-state index contributed by atoms with van der Waals surface area (Å²) in [6, 6.07) is 16.3. The van der Waals surface area contributed by atoms with Gasteiger partial charge in [-0.3, -0.25) is 4.57 Å². The summed E-state index contributed by atoms with van der Waals surface area (Å²) in [7, 11) is 0. The minimum atomic E-state index is 0.0136. The average Bonchev–Trinajstić information content (AvgIpc) is 3.33. The van der Waals surface area contributed by atoms with Gasteiger partial charge in [-0.05, 0) is 55.0 Å². The van der Waals surface area contributed by atoms with Crippen LogP contribution in [0.3, 0.4) is 0 Å². The second-order valence-electron chi connectivity index (χ2n) is 8.32. The van der Waals surface area contributed by atoms with Crippen LogP contribution in [0.15, 0.2) is 53.3 Å². The fourth-order valence-corrected chi connectivity index (χ4v) is 5.02. The summed E-state index contributed by atoms with van der Waals surface area (Å²) in [5.41, 5.74) is 3.18. The van der Waals surface area contributed by atoms with Crippen molar-refractivity contribution in [3.63, 3.8) is 0 Å². The number of nitrogens with one attached hydrogen (secondary N) is 1. The van der Waals surface area contributed by atoms with Gasteiger partial charge in [0.15, 0.2) is 0 Å². The van der Waals surface area contributed by atoms with Crippen LogP contribution in [0, 0.1) is 5.92 Å². The highest BCUT2D eigenvalue weighted by molar-refractivity contribution is 6.30. The largest absolute Gasteiger partial charge is 0.373 e. The van der Waals surface area contributed by atoms with E-state index in [1.54, 1.807) is 0 Å². The Morgan fingerprint density at radius 2 is 1.83 bits per heavy atom. The lowest BCUT2D eigenvalue weighted by Gasteiger charge is -2.33. The predicted molar refractivity (Wildman–Crippen MR) is 116 cm³/mol. The molecule has 2 aliphatic rings. The first kappa shape index (κ1) is 18.9. The maximum atomic E-state index is 12.5. The van der Waals surface area contributed by atoms with Crippen molar-refractivity contribution in [3.8, 4) is 0 Å². The lowest BCUT2D eigenvalue weighted by atomic mass is 9.98. The van der Waals surface area contributed by atoms with Crippen LogP contribution < -0.4 is 5.69 Å². The molecule has 5 rings (SSSR count). The summed E-state index contributed by atoms with van der Waals surface area (Å²) in [6.45, 7) is 3.94. The molecular formula is C23H26ClN3O2. The van der Waals surface area contributed by atoms with E-state index in [2.05, 4.69) is 22.0 Å². The van der Waals surface area contributed by atoms with Gasteiger partial charge >= 0.3 is 5.69 Å². The number of hydrogen-bond acceptors (Lipinski definition) is 3. The molecule has 2 atom stereocenters. The summed E-state index contributed by atoms with van der Waals surface area (Å²) in [6.07, 6.45) is 3.26. The monoisotopic (exact) mass is 411 g/mol. The van der Waals surface area contributed by atoms with Crippen molar-refractivity contribution in [2.24, 2.45) is 5.92 Å². The molecule has 3 aromatic rings. The molecule has 2 unspecified atom stereocenters. The van der Waals surface area contributed by atoms with E-state index in [1.807, 2.05) is 41.0 Å². The lowest BCUT2D eigenvalue weighted by Crippen LogP contribution is -2.39. The molecular weight excluding hydrogens is 386 g/mol. The second-order valence-corrected chi connectivity index (χ2v) is 8.76. The number of likely N-dealkylation sites (tertiary alicyclic amines) is 1. The van der Waals surface area contributed by atoms with Crippen molar-refractivity contribution in [3.05, 3.63) is 69.6 Å². The maximum Gasteiger partial charge on any atom is 0.326 e. The number of fused-ring (bicyclic) bond motifs is 1. The molecule has 2 fully saturated rings. The quantitative estimate of drug-likeness (QED) is 0.692. The Bertz CT molecular complexity index is 1030. The van der Waals surface area contributed by atoms with Gasteiger partial charge in [0, 0.05) is 30.7 Å². The first-order valence-electron chi connectivity index (χ1n) is 10.5. The smallest absolute Gasteiger partial charge is 0.326 e. The number of piperidine rings is 1. The first-order chi connectivity index (χ1) is 14.2. The standard InChI is InChI=1S/C23H26ClN3O2/c24-18-7-5-17(6-8-18)22-13-16(15-29-22)14-26-11-9-19(10-12-26)27-21-4-2-1-3-20(21)25-23(27)28/h1-8,16,19,22H,9-15H2,(H,25,28). The van der Waals surface area contributed by atoms with E-state index >= 15 is 0 Å². The van der Waals surface area contributed by atoms with Gasteiger partial charge in [0.05, 0.1) is 23.7 Å². The van der Waals surface area contributed by atoms with Crippen molar-refractivity contribution < 1.29 is 4.74 Å². The summed E-state index contributed by atoms with van der Waals surface area (Å²) < 4.78 is 8.02. The lowest BCUT2D eigenvalue weighted by molar-refractivity contribution is 0.100. The number of H-pyrrole nitrogens is 1. The van der Waals surface area contributed by atoms with E-state index in [9.17, 15) is 4.79 Å². The molecule has 2 saturated heterocycles. The van der Waals surface area contributed by atoms with E-state index in [4.69, 9.17) is 16.3 Å². The van der Waals surface area contributed by atoms with Crippen LogP contribution >= 0.6 is 11.6 Å². The summed E-state index contributed by atoms with van der Waals surface area (Å²) >= 11 is 6.00. The van der Waals surface area contributed by atoms with Gasteiger partial charge in [-0.15, -0.1) is 0 Å². The van der Waals surface area contributed by atoms with E-state index in [0.717, 1.165) is 61.6 Å². The Balaban J connectivity index is 1.18. The van der Waals surface area contributed by atoms with E-state index in [-0.39, 0.29) is 17.8 Å². The molecule has 152 valence electrons. The molecule has 2 aromatic carbocycles. The maximum absolute atomic E-state index is 12.5. The fourth-order valence-electron chi connectivity index (χ4n) is 4.89.